The number of aromatic nitrogens is 3. The van der Waals surface area contributed by atoms with Gasteiger partial charge in [0, 0.05) is 32.4 Å². The number of rotatable bonds is 5. The van der Waals surface area contributed by atoms with Crippen LogP contribution in [0.4, 0.5) is 0 Å². The second-order valence-corrected chi connectivity index (χ2v) is 6.25. The molecule has 0 aliphatic carbocycles. The Morgan fingerprint density at radius 3 is 2.87 bits per heavy atom. The van der Waals surface area contributed by atoms with Crippen molar-refractivity contribution in [3.8, 4) is 0 Å². The van der Waals surface area contributed by atoms with E-state index in [1.54, 1.807) is 4.57 Å². The summed E-state index contributed by atoms with van der Waals surface area (Å²) in [5.74, 6) is -0.264. The van der Waals surface area contributed by atoms with Crippen LogP contribution in [0.2, 0.25) is 0 Å². The third-order valence-electron chi connectivity index (χ3n) is 4.47. The molecule has 2 aromatic heterocycles. The molecule has 0 saturated carbocycles. The van der Waals surface area contributed by atoms with Gasteiger partial charge in [-0.2, -0.15) is 5.10 Å². The molecular weight excluding hydrogens is 292 g/mol. The molecule has 1 fully saturated rings. The lowest BCUT2D eigenvalue weighted by Gasteiger charge is -2.39. The van der Waals surface area contributed by atoms with Crippen LogP contribution in [0, 0.1) is 6.92 Å². The zero-order valence-electron chi connectivity index (χ0n) is 13.2. The Labute approximate surface area is 133 Å². The van der Waals surface area contributed by atoms with Crippen molar-refractivity contribution in [1.29, 1.82) is 0 Å². The molecule has 1 aromatic carbocycles. The predicted octanol–water partition coefficient (Wildman–Crippen LogP) is 2.05. The van der Waals surface area contributed by atoms with Crippen molar-refractivity contribution in [2.45, 2.75) is 25.9 Å². The SMILES string of the molecule is Cc1cnn(C2CN(CCCn3c(=O)oc4ccccc43)C2)c1. The van der Waals surface area contributed by atoms with Crippen LogP contribution in [0.15, 0.2) is 45.9 Å². The van der Waals surface area contributed by atoms with Gasteiger partial charge in [-0.15, -0.1) is 0 Å². The molecule has 1 saturated heterocycles. The highest BCUT2D eigenvalue weighted by Gasteiger charge is 2.28. The van der Waals surface area contributed by atoms with E-state index in [9.17, 15) is 4.79 Å². The molecule has 0 bridgehead atoms. The number of benzene rings is 1. The standard InChI is InChI=1S/C17H20N4O2/c1-13-9-18-21(10-13)14-11-19(12-14)7-4-8-20-15-5-2-3-6-16(15)23-17(20)22/h2-3,5-6,9-10,14H,4,7-8,11-12H2,1H3. The lowest BCUT2D eigenvalue weighted by molar-refractivity contribution is 0.0958. The number of fused-ring (bicyclic) bond motifs is 1. The van der Waals surface area contributed by atoms with E-state index in [0.29, 0.717) is 18.2 Å². The van der Waals surface area contributed by atoms with E-state index in [1.165, 1.54) is 5.56 Å². The molecule has 1 aliphatic rings. The Morgan fingerprint density at radius 2 is 2.09 bits per heavy atom. The average molecular weight is 312 g/mol. The minimum Gasteiger partial charge on any atom is -0.408 e. The third kappa shape index (κ3) is 2.70. The Morgan fingerprint density at radius 1 is 1.26 bits per heavy atom. The van der Waals surface area contributed by atoms with Gasteiger partial charge in [-0.3, -0.25) is 14.1 Å². The van der Waals surface area contributed by atoms with E-state index in [4.69, 9.17) is 4.42 Å². The Bertz CT molecular complexity index is 870. The number of aryl methyl sites for hydroxylation is 2. The van der Waals surface area contributed by atoms with Gasteiger partial charge < -0.3 is 4.42 Å². The van der Waals surface area contributed by atoms with E-state index in [0.717, 1.165) is 31.6 Å². The molecule has 0 atom stereocenters. The number of nitrogens with zero attached hydrogens (tertiary/aromatic N) is 4. The van der Waals surface area contributed by atoms with Gasteiger partial charge in [0.25, 0.3) is 0 Å². The van der Waals surface area contributed by atoms with Gasteiger partial charge >= 0.3 is 5.76 Å². The molecule has 6 nitrogen and oxygen atoms in total. The maximum absolute atomic E-state index is 11.9. The Balaban J connectivity index is 1.31. The van der Waals surface area contributed by atoms with Crippen molar-refractivity contribution in [3.05, 3.63) is 52.8 Å². The summed E-state index contributed by atoms with van der Waals surface area (Å²) in [7, 11) is 0. The number of hydrogen-bond acceptors (Lipinski definition) is 4. The van der Waals surface area contributed by atoms with Gasteiger partial charge in [-0.1, -0.05) is 12.1 Å². The second kappa shape index (κ2) is 5.70. The molecule has 120 valence electrons. The van der Waals surface area contributed by atoms with Crippen molar-refractivity contribution in [3.63, 3.8) is 0 Å². The van der Waals surface area contributed by atoms with Crippen LogP contribution in [0.25, 0.3) is 11.1 Å². The van der Waals surface area contributed by atoms with Gasteiger partial charge in [0.15, 0.2) is 5.58 Å². The topological polar surface area (TPSA) is 56.2 Å². The fourth-order valence-corrected chi connectivity index (χ4v) is 3.20. The number of likely N-dealkylation sites (tertiary alicyclic amines) is 1. The molecule has 3 heterocycles. The highest BCUT2D eigenvalue weighted by molar-refractivity contribution is 5.72. The van der Waals surface area contributed by atoms with Crippen molar-refractivity contribution in [2.75, 3.05) is 19.6 Å². The number of para-hydroxylation sites is 2. The van der Waals surface area contributed by atoms with E-state index >= 15 is 0 Å². The second-order valence-electron chi connectivity index (χ2n) is 6.25. The van der Waals surface area contributed by atoms with Crippen LogP contribution < -0.4 is 5.76 Å². The monoisotopic (exact) mass is 312 g/mol. The fraction of sp³-hybridized carbons (Fsp3) is 0.412. The molecule has 23 heavy (non-hydrogen) atoms. The first-order chi connectivity index (χ1) is 11.2. The van der Waals surface area contributed by atoms with Gasteiger partial charge in [0.2, 0.25) is 0 Å². The van der Waals surface area contributed by atoms with Crippen LogP contribution in [0.3, 0.4) is 0 Å². The van der Waals surface area contributed by atoms with E-state index in [1.807, 2.05) is 30.5 Å². The predicted molar refractivity (Wildman–Crippen MR) is 87.5 cm³/mol. The quantitative estimate of drug-likeness (QED) is 0.723. The summed E-state index contributed by atoms with van der Waals surface area (Å²) in [5.41, 5.74) is 2.75. The largest absolute Gasteiger partial charge is 0.419 e. The first-order valence-corrected chi connectivity index (χ1v) is 8.02. The third-order valence-corrected chi connectivity index (χ3v) is 4.47. The zero-order valence-corrected chi connectivity index (χ0v) is 13.2. The van der Waals surface area contributed by atoms with E-state index < -0.39 is 0 Å². The molecule has 4 rings (SSSR count). The van der Waals surface area contributed by atoms with Crippen LogP contribution in [-0.2, 0) is 6.54 Å². The van der Waals surface area contributed by atoms with Crippen LogP contribution in [-0.4, -0.2) is 38.9 Å². The normalized spacial score (nSPS) is 16.0. The summed E-state index contributed by atoms with van der Waals surface area (Å²) in [4.78, 5) is 14.3. The Kier molecular flexibility index (Phi) is 3.53. The van der Waals surface area contributed by atoms with E-state index in [2.05, 4.69) is 27.8 Å². The maximum Gasteiger partial charge on any atom is 0.419 e. The van der Waals surface area contributed by atoms with E-state index in [-0.39, 0.29) is 5.76 Å². The molecule has 1 aliphatic heterocycles. The maximum atomic E-state index is 11.9. The summed E-state index contributed by atoms with van der Waals surface area (Å²) in [6.45, 7) is 5.80. The van der Waals surface area contributed by atoms with Gasteiger partial charge in [0.05, 0.1) is 17.8 Å². The summed E-state index contributed by atoms with van der Waals surface area (Å²) in [5, 5.41) is 4.37. The molecule has 0 radical (unpaired) electrons. The molecular formula is C17H20N4O2. The summed E-state index contributed by atoms with van der Waals surface area (Å²) in [6, 6.07) is 8.06. The average Bonchev–Trinajstić information content (AvgIpc) is 3.05. The highest BCUT2D eigenvalue weighted by atomic mass is 16.4. The van der Waals surface area contributed by atoms with Crippen molar-refractivity contribution >= 4 is 11.1 Å². The van der Waals surface area contributed by atoms with Crippen molar-refractivity contribution in [2.24, 2.45) is 0 Å². The minimum absolute atomic E-state index is 0.264. The zero-order chi connectivity index (χ0) is 15.8. The van der Waals surface area contributed by atoms with Gasteiger partial charge in [-0.25, -0.2) is 4.79 Å². The number of hydrogen-bond donors (Lipinski definition) is 0. The molecule has 3 aromatic rings. The fourth-order valence-electron chi connectivity index (χ4n) is 3.20. The lowest BCUT2D eigenvalue weighted by Crippen LogP contribution is -2.48. The Hall–Kier alpha value is -2.34. The van der Waals surface area contributed by atoms with Crippen molar-refractivity contribution < 1.29 is 4.42 Å². The molecule has 0 unspecified atom stereocenters. The first-order valence-electron chi connectivity index (χ1n) is 8.02. The highest BCUT2D eigenvalue weighted by Crippen LogP contribution is 2.21. The van der Waals surface area contributed by atoms with Crippen LogP contribution >= 0.6 is 0 Å². The van der Waals surface area contributed by atoms with Crippen LogP contribution in [0.5, 0.6) is 0 Å². The molecule has 6 heteroatoms. The van der Waals surface area contributed by atoms with Gasteiger partial charge in [-0.05, 0) is 31.0 Å². The minimum atomic E-state index is -0.264. The van der Waals surface area contributed by atoms with Crippen molar-refractivity contribution in [1.82, 2.24) is 19.2 Å². The van der Waals surface area contributed by atoms with Crippen LogP contribution in [0.1, 0.15) is 18.0 Å². The summed E-state index contributed by atoms with van der Waals surface area (Å²) in [6.07, 6.45) is 4.94. The van der Waals surface area contributed by atoms with Gasteiger partial charge in [0.1, 0.15) is 0 Å². The molecule has 0 spiro atoms. The first kappa shape index (κ1) is 14.3. The number of oxazole rings is 1. The smallest absolute Gasteiger partial charge is 0.408 e. The lowest BCUT2D eigenvalue weighted by atomic mass is 10.1. The summed E-state index contributed by atoms with van der Waals surface area (Å²) >= 11 is 0. The summed E-state index contributed by atoms with van der Waals surface area (Å²) < 4.78 is 9.04. The molecule has 0 amide bonds. The molecule has 0 N–H and O–H groups in total.